The third-order valence-corrected chi connectivity index (χ3v) is 7.31. The van der Waals surface area contributed by atoms with Crippen LogP contribution in [0.5, 0.6) is 0 Å². The Labute approximate surface area is 203 Å². The molecule has 4 aliphatic rings. The van der Waals surface area contributed by atoms with Gasteiger partial charge in [0, 0.05) is 57.4 Å². The lowest BCUT2D eigenvalue weighted by atomic mass is 10.0. The lowest BCUT2D eigenvalue weighted by Crippen LogP contribution is -2.35. The van der Waals surface area contributed by atoms with Crippen LogP contribution in [0.2, 0.25) is 0 Å². The van der Waals surface area contributed by atoms with Crippen molar-refractivity contribution >= 4 is 17.7 Å². The molecule has 3 heterocycles. The van der Waals surface area contributed by atoms with Gasteiger partial charge in [0.15, 0.2) is 0 Å². The minimum Gasteiger partial charge on any atom is -0.382 e. The molecule has 1 aromatic carbocycles. The number of pyridine rings is 1. The Morgan fingerprint density at radius 3 is 3.03 bits per heavy atom. The van der Waals surface area contributed by atoms with Crippen molar-refractivity contribution in [2.45, 2.75) is 44.4 Å². The van der Waals surface area contributed by atoms with Crippen LogP contribution in [0, 0.1) is 5.92 Å². The molecule has 0 amide bonds. The largest absolute Gasteiger partial charge is 0.382 e. The lowest BCUT2D eigenvalue weighted by molar-refractivity contribution is -0.0979. The van der Waals surface area contributed by atoms with Gasteiger partial charge in [-0.25, -0.2) is 0 Å². The summed E-state index contributed by atoms with van der Waals surface area (Å²) < 4.78 is 5.67. The number of carbonyl (C=O) groups is 1. The number of hydrogen-bond acceptors (Lipinski definition) is 6. The molecule has 0 spiro atoms. The fourth-order valence-corrected chi connectivity index (χ4v) is 5.56. The van der Waals surface area contributed by atoms with Crippen LogP contribution >= 0.6 is 0 Å². The molecule has 1 saturated carbocycles. The van der Waals surface area contributed by atoms with Gasteiger partial charge in [0.25, 0.3) is 0 Å². The highest BCUT2D eigenvalue weighted by atomic mass is 16.5. The monoisotopic (exact) mass is 460 g/mol. The SMILES string of the molecule is C=O.COC1C=C2NCCN(Cc3ccc4ncccc4c3)CCCC3=CC4CC4N3C2=CC1.[HH]. The van der Waals surface area contributed by atoms with Crippen molar-refractivity contribution in [3.05, 3.63) is 77.4 Å². The zero-order valence-electron chi connectivity index (χ0n) is 20.0. The summed E-state index contributed by atoms with van der Waals surface area (Å²) in [5, 5.41) is 4.99. The summed E-state index contributed by atoms with van der Waals surface area (Å²) >= 11 is 0. The number of hydrogen-bond donors (Lipinski definition) is 1. The fourth-order valence-electron chi connectivity index (χ4n) is 5.56. The number of carbonyl (C=O) groups excluding carboxylic acids is 1. The van der Waals surface area contributed by atoms with Gasteiger partial charge in [-0.05, 0) is 62.1 Å². The zero-order chi connectivity index (χ0) is 23.5. The molecular weight excluding hydrogens is 424 g/mol. The van der Waals surface area contributed by atoms with Gasteiger partial charge in [-0.1, -0.05) is 24.3 Å². The van der Waals surface area contributed by atoms with Gasteiger partial charge >= 0.3 is 0 Å². The molecule has 6 nitrogen and oxygen atoms in total. The third-order valence-electron chi connectivity index (χ3n) is 7.31. The first kappa shape index (κ1) is 22.8. The van der Waals surface area contributed by atoms with Crippen molar-refractivity contribution in [2.75, 3.05) is 26.7 Å². The summed E-state index contributed by atoms with van der Waals surface area (Å²) in [7, 11) is 1.81. The van der Waals surface area contributed by atoms with E-state index in [-0.39, 0.29) is 7.53 Å². The maximum Gasteiger partial charge on any atom is 0.106 e. The second-order valence-electron chi connectivity index (χ2n) is 9.51. The van der Waals surface area contributed by atoms with Crippen LogP contribution in [0.4, 0.5) is 0 Å². The quantitative estimate of drug-likeness (QED) is 0.739. The first-order valence-electron chi connectivity index (χ1n) is 12.3. The van der Waals surface area contributed by atoms with Gasteiger partial charge in [-0.2, -0.15) is 0 Å². The maximum absolute atomic E-state index is 8.00. The molecule has 3 unspecified atom stereocenters. The minimum atomic E-state index is 0. The molecule has 2 aliphatic heterocycles. The summed E-state index contributed by atoms with van der Waals surface area (Å²) in [5.41, 5.74) is 6.59. The van der Waals surface area contributed by atoms with Crippen molar-refractivity contribution in [1.29, 1.82) is 0 Å². The Hall–Kier alpha value is -2.96. The molecule has 1 aromatic heterocycles. The molecule has 0 bridgehead atoms. The van der Waals surface area contributed by atoms with Crippen LogP contribution in [0.3, 0.4) is 0 Å². The minimum absolute atomic E-state index is 0. The van der Waals surface area contributed by atoms with E-state index in [0.717, 1.165) is 50.5 Å². The van der Waals surface area contributed by atoms with Gasteiger partial charge in [-0.15, -0.1) is 0 Å². The van der Waals surface area contributed by atoms with Gasteiger partial charge in [-0.3, -0.25) is 9.88 Å². The maximum atomic E-state index is 8.00. The van der Waals surface area contributed by atoms with Gasteiger partial charge in [0.2, 0.25) is 0 Å². The smallest absolute Gasteiger partial charge is 0.106 e. The fraction of sp³-hybridized carbons (Fsp3) is 0.429. The van der Waals surface area contributed by atoms with Crippen LogP contribution in [0.1, 0.15) is 32.7 Å². The lowest BCUT2D eigenvalue weighted by Gasteiger charge is -2.32. The Kier molecular flexibility index (Phi) is 6.79. The average molecular weight is 461 g/mol. The Bertz CT molecular complexity index is 1130. The summed E-state index contributed by atoms with van der Waals surface area (Å²) in [5.74, 6) is 0.762. The van der Waals surface area contributed by atoms with Crippen molar-refractivity contribution in [3.8, 4) is 0 Å². The van der Waals surface area contributed by atoms with E-state index in [2.05, 4.69) is 62.6 Å². The van der Waals surface area contributed by atoms with Crippen molar-refractivity contribution < 1.29 is 11.0 Å². The van der Waals surface area contributed by atoms with Gasteiger partial charge < -0.3 is 19.7 Å². The number of ether oxygens (including phenoxy) is 1. The average Bonchev–Trinajstić information content (AvgIpc) is 3.55. The molecule has 6 heteroatoms. The van der Waals surface area contributed by atoms with E-state index in [1.807, 2.05) is 26.2 Å². The van der Waals surface area contributed by atoms with E-state index in [1.165, 1.54) is 40.9 Å². The summed E-state index contributed by atoms with van der Waals surface area (Å²) in [4.78, 5) is 17.7. The highest BCUT2D eigenvalue weighted by Crippen LogP contribution is 2.50. The molecule has 2 aliphatic carbocycles. The van der Waals surface area contributed by atoms with E-state index in [0.29, 0.717) is 6.04 Å². The van der Waals surface area contributed by atoms with Gasteiger partial charge in [0.05, 0.1) is 23.0 Å². The topological polar surface area (TPSA) is 57.7 Å². The first-order valence-corrected chi connectivity index (χ1v) is 12.3. The number of fused-ring (bicyclic) bond motifs is 6. The number of nitrogens with one attached hydrogen (secondary N) is 1. The van der Waals surface area contributed by atoms with Crippen LogP contribution in [-0.4, -0.2) is 60.5 Å². The summed E-state index contributed by atoms with van der Waals surface area (Å²) in [6.45, 7) is 6.06. The summed E-state index contributed by atoms with van der Waals surface area (Å²) in [6.07, 6.45) is 13.9. The highest BCUT2D eigenvalue weighted by Gasteiger charge is 2.48. The molecule has 2 fully saturated rings. The van der Waals surface area contributed by atoms with E-state index >= 15 is 0 Å². The molecule has 6 rings (SSSR count). The first-order chi connectivity index (χ1) is 16.8. The Morgan fingerprint density at radius 2 is 2.15 bits per heavy atom. The number of methoxy groups -OCH3 is 1. The molecule has 180 valence electrons. The van der Waals surface area contributed by atoms with E-state index < -0.39 is 0 Å². The molecule has 3 atom stereocenters. The number of rotatable bonds is 3. The van der Waals surface area contributed by atoms with Crippen LogP contribution in [-0.2, 0) is 16.1 Å². The van der Waals surface area contributed by atoms with Crippen molar-refractivity contribution in [3.63, 3.8) is 0 Å². The predicted molar refractivity (Wildman–Crippen MR) is 137 cm³/mol. The molecule has 34 heavy (non-hydrogen) atoms. The number of benzene rings is 1. The number of allylic oxidation sites excluding steroid dienone is 1. The van der Waals surface area contributed by atoms with E-state index in [4.69, 9.17) is 9.53 Å². The van der Waals surface area contributed by atoms with Crippen LogP contribution < -0.4 is 5.32 Å². The standard InChI is InChI=1S/C27H32N4O.CH2O.H2/c1-32-23-7-9-26-25(17-23)29-11-13-30(12-3-5-22-15-21-16-27(21)31(22)26)18-19-6-8-24-20(14-19)4-2-10-28-24;1-2;/h2,4,6,8-10,14-15,17,21,23,27,29H,3,5,7,11-13,16,18H2,1H3;1H2;1H. The normalized spacial score (nSPS) is 26.3. The van der Waals surface area contributed by atoms with Crippen molar-refractivity contribution in [2.24, 2.45) is 5.92 Å². The van der Waals surface area contributed by atoms with E-state index in [9.17, 15) is 0 Å². The second kappa shape index (κ2) is 10.1. The second-order valence-corrected chi connectivity index (χ2v) is 9.51. The molecular formula is C28H36N4O2. The predicted octanol–water partition coefficient (Wildman–Crippen LogP) is 4.26. The Balaban J connectivity index is 0.000000940. The molecule has 1 N–H and O–H groups in total. The number of nitrogens with zero attached hydrogens (tertiary/aromatic N) is 3. The van der Waals surface area contributed by atoms with Crippen LogP contribution in [0.15, 0.2) is 71.8 Å². The Morgan fingerprint density at radius 1 is 1.24 bits per heavy atom. The zero-order valence-corrected chi connectivity index (χ0v) is 20.0. The third kappa shape index (κ3) is 4.65. The number of aromatic nitrogens is 1. The van der Waals surface area contributed by atoms with E-state index in [1.54, 1.807) is 0 Å². The van der Waals surface area contributed by atoms with Crippen molar-refractivity contribution in [1.82, 2.24) is 20.1 Å². The highest BCUT2D eigenvalue weighted by molar-refractivity contribution is 5.78. The molecule has 1 saturated heterocycles. The summed E-state index contributed by atoms with van der Waals surface area (Å²) in [6, 6.07) is 11.5. The van der Waals surface area contributed by atoms with Gasteiger partial charge in [0.1, 0.15) is 6.79 Å². The molecule has 0 radical (unpaired) electrons. The molecule has 2 aromatic rings. The van der Waals surface area contributed by atoms with Crippen LogP contribution in [0.25, 0.3) is 10.9 Å².